The molecule has 0 saturated carbocycles. The highest BCUT2D eigenvalue weighted by atomic mass is 19.4. The lowest BCUT2D eigenvalue weighted by Gasteiger charge is -2.35. The third-order valence-corrected chi connectivity index (χ3v) is 4.33. The van der Waals surface area contributed by atoms with Gasteiger partial charge in [0, 0.05) is 32.3 Å². The molecular formula is C17H20F9NO. The maximum absolute atomic E-state index is 13.8. The summed E-state index contributed by atoms with van der Waals surface area (Å²) in [6.45, 7) is 4.97. The maximum atomic E-state index is 13.8. The zero-order valence-corrected chi connectivity index (χ0v) is 15.3. The minimum Gasteiger partial charge on any atom is -0.377 e. The normalized spacial score (nSPS) is 14.9. The largest absolute Gasteiger partial charge is 0.460 e. The topological polar surface area (TPSA) is 12.5 Å². The first kappa shape index (κ1) is 24.4. The van der Waals surface area contributed by atoms with E-state index in [4.69, 9.17) is 0 Å². The first-order valence-corrected chi connectivity index (χ1v) is 8.24. The van der Waals surface area contributed by atoms with Crippen LogP contribution in [0.4, 0.5) is 45.2 Å². The van der Waals surface area contributed by atoms with Crippen molar-refractivity contribution >= 4 is 5.69 Å². The van der Waals surface area contributed by atoms with Crippen molar-refractivity contribution in [3.8, 4) is 0 Å². The quantitative estimate of drug-likeness (QED) is 0.445. The average Bonchev–Trinajstić information content (AvgIpc) is 2.60. The van der Waals surface area contributed by atoms with Crippen molar-refractivity contribution in [2.75, 3.05) is 25.1 Å². The predicted molar refractivity (Wildman–Crippen MR) is 85.3 cm³/mol. The van der Waals surface area contributed by atoms with Crippen molar-refractivity contribution in [1.82, 2.24) is 0 Å². The lowest BCUT2D eigenvalue weighted by molar-refractivity contribution is -0.398. The first-order chi connectivity index (χ1) is 12.7. The SMILES string of the molecule is CCN(CC)c1ccc(C(CC(F)(F)C(F)(F)C(F)(F)C(F)(F)F)OC)cc1. The third kappa shape index (κ3) is 4.49. The van der Waals surface area contributed by atoms with Crippen LogP contribution in [0.2, 0.25) is 0 Å². The van der Waals surface area contributed by atoms with Crippen LogP contribution in [0, 0.1) is 0 Å². The highest BCUT2D eigenvalue weighted by molar-refractivity contribution is 5.47. The van der Waals surface area contributed by atoms with E-state index in [-0.39, 0.29) is 5.56 Å². The molecule has 0 spiro atoms. The lowest BCUT2D eigenvalue weighted by Crippen LogP contribution is -2.61. The van der Waals surface area contributed by atoms with Crippen LogP contribution in [-0.2, 0) is 4.74 Å². The summed E-state index contributed by atoms with van der Waals surface area (Å²) >= 11 is 0. The van der Waals surface area contributed by atoms with E-state index in [1.165, 1.54) is 24.3 Å². The summed E-state index contributed by atoms with van der Waals surface area (Å²) in [4.78, 5) is 1.89. The molecule has 162 valence electrons. The molecule has 1 rings (SSSR count). The number of halogens is 9. The van der Waals surface area contributed by atoms with E-state index in [1.807, 2.05) is 18.7 Å². The van der Waals surface area contributed by atoms with Crippen molar-refractivity contribution in [2.45, 2.75) is 50.3 Å². The highest BCUT2D eigenvalue weighted by Gasteiger charge is 2.81. The Kier molecular flexibility index (Phi) is 7.30. The molecule has 11 heteroatoms. The number of anilines is 1. The molecule has 0 bridgehead atoms. The Balaban J connectivity index is 3.14. The van der Waals surface area contributed by atoms with Gasteiger partial charge in [0.2, 0.25) is 0 Å². The van der Waals surface area contributed by atoms with Crippen molar-refractivity contribution in [1.29, 1.82) is 0 Å². The zero-order valence-electron chi connectivity index (χ0n) is 15.3. The first-order valence-electron chi connectivity index (χ1n) is 8.24. The van der Waals surface area contributed by atoms with E-state index < -0.39 is 36.5 Å². The van der Waals surface area contributed by atoms with Gasteiger partial charge in [-0.15, -0.1) is 0 Å². The van der Waals surface area contributed by atoms with Gasteiger partial charge in [0.15, 0.2) is 0 Å². The van der Waals surface area contributed by atoms with E-state index >= 15 is 0 Å². The van der Waals surface area contributed by atoms with Crippen molar-refractivity contribution in [3.63, 3.8) is 0 Å². The maximum Gasteiger partial charge on any atom is 0.460 e. The molecule has 0 radical (unpaired) electrons. The van der Waals surface area contributed by atoms with Crippen LogP contribution in [0.3, 0.4) is 0 Å². The van der Waals surface area contributed by atoms with Gasteiger partial charge in [0.25, 0.3) is 0 Å². The summed E-state index contributed by atoms with van der Waals surface area (Å²) in [6.07, 6.45) is -10.7. The number of nitrogens with zero attached hydrogens (tertiary/aromatic N) is 1. The Morgan fingerprint density at radius 2 is 1.29 bits per heavy atom. The fourth-order valence-electron chi connectivity index (χ4n) is 2.59. The van der Waals surface area contributed by atoms with Gasteiger partial charge in [-0.1, -0.05) is 12.1 Å². The fourth-order valence-corrected chi connectivity index (χ4v) is 2.59. The molecule has 0 aromatic heterocycles. The van der Waals surface area contributed by atoms with E-state index in [9.17, 15) is 39.5 Å². The predicted octanol–water partition coefficient (Wildman–Crippen LogP) is 6.08. The number of hydrogen-bond donors (Lipinski definition) is 0. The van der Waals surface area contributed by atoms with E-state index in [2.05, 4.69) is 4.74 Å². The van der Waals surface area contributed by atoms with Crippen molar-refractivity contribution < 1.29 is 44.3 Å². The van der Waals surface area contributed by atoms with Gasteiger partial charge in [0.1, 0.15) is 0 Å². The molecule has 0 aliphatic rings. The Labute approximate surface area is 156 Å². The molecular weight excluding hydrogens is 405 g/mol. The summed E-state index contributed by atoms with van der Waals surface area (Å²) < 4.78 is 122. The van der Waals surface area contributed by atoms with Gasteiger partial charge in [-0.25, -0.2) is 0 Å². The van der Waals surface area contributed by atoms with Gasteiger partial charge in [0.05, 0.1) is 6.10 Å². The Morgan fingerprint density at radius 3 is 1.64 bits per heavy atom. The molecule has 1 unspecified atom stereocenters. The molecule has 1 aromatic carbocycles. The smallest absolute Gasteiger partial charge is 0.377 e. The summed E-state index contributed by atoms with van der Waals surface area (Å²) in [5.74, 6) is -19.3. The molecule has 28 heavy (non-hydrogen) atoms. The van der Waals surface area contributed by atoms with Crippen LogP contribution in [0.15, 0.2) is 24.3 Å². The minimum atomic E-state index is -6.91. The molecule has 0 heterocycles. The third-order valence-electron chi connectivity index (χ3n) is 4.33. The standard InChI is InChI=1S/C17H20F9NO/c1-4-27(5-2)12-8-6-11(7-9-12)13(28-3)10-14(18,19)15(20,21)16(22,23)17(24,25)26/h6-9,13H,4-5,10H2,1-3H3. The average molecular weight is 425 g/mol. The number of alkyl halides is 9. The van der Waals surface area contributed by atoms with Gasteiger partial charge >= 0.3 is 23.9 Å². The summed E-state index contributed by atoms with van der Waals surface area (Å²) in [5, 5.41) is 0. The van der Waals surface area contributed by atoms with Crippen LogP contribution in [0.1, 0.15) is 31.9 Å². The molecule has 2 nitrogen and oxygen atoms in total. The van der Waals surface area contributed by atoms with Crippen LogP contribution < -0.4 is 4.90 Å². The molecule has 0 saturated heterocycles. The lowest BCUT2D eigenvalue weighted by atomic mass is 9.95. The Hall–Kier alpha value is -1.65. The van der Waals surface area contributed by atoms with Crippen LogP contribution in [0.25, 0.3) is 0 Å². The van der Waals surface area contributed by atoms with Gasteiger partial charge in [-0.05, 0) is 31.5 Å². The van der Waals surface area contributed by atoms with E-state index in [0.717, 1.165) is 7.11 Å². The molecule has 1 atom stereocenters. The second-order valence-corrected chi connectivity index (χ2v) is 6.04. The molecule has 1 aromatic rings. The zero-order chi connectivity index (χ0) is 22.0. The second-order valence-electron chi connectivity index (χ2n) is 6.04. The molecule has 0 aliphatic heterocycles. The second kappa shape index (κ2) is 8.38. The summed E-state index contributed by atoms with van der Waals surface area (Å²) in [6, 6.07) is 5.49. The highest BCUT2D eigenvalue weighted by Crippen LogP contribution is 2.55. The fraction of sp³-hybridized carbons (Fsp3) is 0.647. The number of ether oxygens (including phenoxy) is 1. The molecule has 0 fully saturated rings. The van der Waals surface area contributed by atoms with Crippen LogP contribution in [0.5, 0.6) is 0 Å². The van der Waals surface area contributed by atoms with Crippen LogP contribution in [-0.4, -0.2) is 44.1 Å². The number of hydrogen-bond acceptors (Lipinski definition) is 2. The minimum absolute atomic E-state index is 0.0655. The van der Waals surface area contributed by atoms with Crippen molar-refractivity contribution in [3.05, 3.63) is 29.8 Å². The molecule has 0 N–H and O–H groups in total. The van der Waals surface area contributed by atoms with Gasteiger partial charge in [-0.2, -0.15) is 39.5 Å². The van der Waals surface area contributed by atoms with Crippen molar-refractivity contribution in [2.24, 2.45) is 0 Å². The monoisotopic (exact) mass is 425 g/mol. The molecule has 0 aliphatic carbocycles. The Morgan fingerprint density at radius 1 is 0.821 bits per heavy atom. The number of methoxy groups -OCH3 is 1. The number of rotatable bonds is 9. The summed E-state index contributed by atoms with van der Waals surface area (Å²) in [5.41, 5.74) is 0.619. The van der Waals surface area contributed by atoms with E-state index in [0.29, 0.717) is 18.8 Å². The van der Waals surface area contributed by atoms with E-state index in [1.54, 1.807) is 0 Å². The van der Waals surface area contributed by atoms with Crippen LogP contribution >= 0.6 is 0 Å². The molecule has 0 amide bonds. The number of benzene rings is 1. The summed E-state index contributed by atoms with van der Waals surface area (Å²) in [7, 11) is 0.860. The Bertz CT molecular complexity index is 625. The van der Waals surface area contributed by atoms with Gasteiger partial charge in [-0.3, -0.25) is 0 Å². The van der Waals surface area contributed by atoms with Gasteiger partial charge < -0.3 is 9.64 Å².